The molecule has 1 aliphatic rings. The number of para-hydroxylation sites is 1. The second kappa shape index (κ2) is 7.28. The molecule has 0 spiro atoms. The van der Waals surface area contributed by atoms with Crippen LogP contribution in [-0.4, -0.2) is 19.0 Å². The van der Waals surface area contributed by atoms with Crippen molar-refractivity contribution in [3.63, 3.8) is 0 Å². The van der Waals surface area contributed by atoms with E-state index in [2.05, 4.69) is 42.7 Å². The summed E-state index contributed by atoms with van der Waals surface area (Å²) >= 11 is 1.81. The Balaban J connectivity index is 1.66. The predicted octanol–water partition coefficient (Wildman–Crippen LogP) is 3.23. The van der Waals surface area contributed by atoms with E-state index in [4.69, 9.17) is 0 Å². The van der Waals surface area contributed by atoms with Gasteiger partial charge < -0.3 is 10.2 Å². The average Bonchev–Trinajstić information content (AvgIpc) is 3.18. The molecule has 2 atom stereocenters. The number of hydrogen-bond donors (Lipinski definition) is 2. The van der Waals surface area contributed by atoms with Gasteiger partial charge in [-0.1, -0.05) is 38.1 Å². The van der Waals surface area contributed by atoms with E-state index in [9.17, 15) is 4.79 Å². The van der Waals surface area contributed by atoms with E-state index in [1.807, 2.05) is 29.5 Å². The Hall–Kier alpha value is -1.65. The van der Waals surface area contributed by atoms with Crippen LogP contribution in [0.25, 0.3) is 0 Å². The molecular weight excluding hydrogens is 304 g/mol. The molecule has 0 saturated carbocycles. The van der Waals surface area contributed by atoms with Crippen molar-refractivity contribution < 1.29 is 9.69 Å². The van der Waals surface area contributed by atoms with Crippen LogP contribution in [0.1, 0.15) is 49.1 Å². The molecule has 2 N–H and O–H groups in total. The van der Waals surface area contributed by atoms with Crippen molar-refractivity contribution in [1.82, 2.24) is 0 Å². The molecular formula is C19H25N2OS+. The van der Waals surface area contributed by atoms with Crippen LogP contribution in [0.5, 0.6) is 0 Å². The van der Waals surface area contributed by atoms with Gasteiger partial charge in [-0.15, -0.1) is 11.3 Å². The Labute approximate surface area is 142 Å². The van der Waals surface area contributed by atoms with Crippen LogP contribution in [-0.2, 0) is 4.79 Å². The first-order valence-corrected chi connectivity index (χ1v) is 9.30. The molecule has 3 nitrogen and oxygen atoms in total. The lowest BCUT2D eigenvalue weighted by Gasteiger charge is -2.21. The molecule has 1 aromatic heterocycles. The number of rotatable bonds is 5. The SMILES string of the molecule is CC(C)c1ccccc1NC(=O)C[NH+]1CCC[C@H]1c1cccs1. The Morgan fingerprint density at radius 2 is 2.13 bits per heavy atom. The molecule has 0 bridgehead atoms. The number of benzene rings is 1. The van der Waals surface area contributed by atoms with Crippen molar-refractivity contribution in [2.24, 2.45) is 0 Å². The molecule has 4 heteroatoms. The van der Waals surface area contributed by atoms with E-state index >= 15 is 0 Å². The molecule has 1 unspecified atom stereocenters. The monoisotopic (exact) mass is 329 g/mol. The molecule has 1 aliphatic heterocycles. The van der Waals surface area contributed by atoms with Gasteiger partial charge in [0.05, 0.1) is 11.4 Å². The van der Waals surface area contributed by atoms with E-state index in [1.54, 1.807) is 0 Å². The Morgan fingerprint density at radius 3 is 2.87 bits per heavy atom. The molecule has 1 aromatic carbocycles. The number of carbonyl (C=O) groups excluding carboxylic acids is 1. The third-order valence-electron chi connectivity index (χ3n) is 4.61. The highest BCUT2D eigenvalue weighted by Gasteiger charge is 2.32. The highest BCUT2D eigenvalue weighted by atomic mass is 32.1. The van der Waals surface area contributed by atoms with Crippen LogP contribution in [0.4, 0.5) is 5.69 Å². The Bertz CT molecular complexity index is 651. The lowest BCUT2D eigenvalue weighted by atomic mass is 10.0. The largest absolute Gasteiger partial charge is 0.321 e. The van der Waals surface area contributed by atoms with Crippen molar-refractivity contribution in [2.45, 2.75) is 38.6 Å². The maximum absolute atomic E-state index is 12.5. The minimum absolute atomic E-state index is 0.122. The highest BCUT2D eigenvalue weighted by Crippen LogP contribution is 2.24. The number of carbonyl (C=O) groups is 1. The van der Waals surface area contributed by atoms with Crippen LogP contribution in [0.3, 0.4) is 0 Å². The maximum atomic E-state index is 12.5. The normalized spacial score (nSPS) is 20.8. The molecule has 1 amide bonds. The number of quaternary nitrogens is 1. The van der Waals surface area contributed by atoms with Crippen LogP contribution in [0.15, 0.2) is 41.8 Å². The Morgan fingerprint density at radius 1 is 1.30 bits per heavy atom. The van der Waals surface area contributed by atoms with Crippen LogP contribution < -0.4 is 10.2 Å². The average molecular weight is 329 g/mol. The van der Waals surface area contributed by atoms with Crippen molar-refractivity contribution in [3.05, 3.63) is 52.2 Å². The molecule has 1 saturated heterocycles. The van der Waals surface area contributed by atoms with E-state index < -0.39 is 0 Å². The molecule has 2 heterocycles. The lowest BCUT2D eigenvalue weighted by molar-refractivity contribution is -0.910. The van der Waals surface area contributed by atoms with Gasteiger partial charge in [0.25, 0.3) is 5.91 Å². The van der Waals surface area contributed by atoms with E-state index in [0.29, 0.717) is 18.5 Å². The highest BCUT2D eigenvalue weighted by molar-refractivity contribution is 7.10. The number of anilines is 1. The molecule has 2 aromatic rings. The summed E-state index contributed by atoms with van der Waals surface area (Å²) in [5, 5.41) is 5.26. The van der Waals surface area contributed by atoms with Gasteiger partial charge in [-0.3, -0.25) is 4.79 Å². The quantitative estimate of drug-likeness (QED) is 0.867. The fraction of sp³-hybridized carbons (Fsp3) is 0.421. The molecule has 1 fully saturated rings. The van der Waals surface area contributed by atoms with E-state index in [-0.39, 0.29) is 5.91 Å². The van der Waals surface area contributed by atoms with E-state index in [0.717, 1.165) is 12.2 Å². The van der Waals surface area contributed by atoms with Gasteiger partial charge in [0.15, 0.2) is 6.54 Å². The van der Waals surface area contributed by atoms with Gasteiger partial charge in [-0.2, -0.15) is 0 Å². The third kappa shape index (κ3) is 3.82. The first-order valence-electron chi connectivity index (χ1n) is 8.42. The minimum Gasteiger partial charge on any atom is -0.321 e. The van der Waals surface area contributed by atoms with Crippen molar-refractivity contribution >= 4 is 22.9 Å². The number of likely N-dealkylation sites (tertiary alicyclic amines) is 1. The van der Waals surface area contributed by atoms with E-state index in [1.165, 1.54) is 28.2 Å². The van der Waals surface area contributed by atoms with Crippen molar-refractivity contribution in [3.8, 4) is 0 Å². The number of amides is 1. The number of nitrogens with one attached hydrogen (secondary N) is 2. The summed E-state index contributed by atoms with van der Waals surface area (Å²) in [7, 11) is 0. The van der Waals surface area contributed by atoms with Gasteiger partial charge in [0, 0.05) is 18.5 Å². The maximum Gasteiger partial charge on any atom is 0.279 e. The van der Waals surface area contributed by atoms with Gasteiger partial charge >= 0.3 is 0 Å². The standard InChI is InChI=1S/C19H24N2OS/c1-14(2)15-7-3-4-8-16(15)20-19(22)13-21-11-5-9-17(21)18-10-6-12-23-18/h3-4,6-8,10,12,14,17H,5,9,11,13H2,1-2H3,(H,20,22)/p+1/t17-/m0/s1. The second-order valence-electron chi connectivity index (χ2n) is 6.59. The predicted molar refractivity (Wildman–Crippen MR) is 96.2 cm³/mol. The molecule has 0 radical (unpaired) electrons. The summed E-state index contributed by atoms with van der Waals surface area (Å²) in [5.74, 6) is 0.529. The fourth-order valence-electron chi connectivity index (χ4n) is 3.47. The van der Waals surface area contributed by atoms with Gasteiger partial charge in [-0.05, 0) is 29.0 Å². The van der Waals surface area contributed by atoms with Crippen LogP contribution >= 0.6 is 11.3 Å². The number of thiophene rings is 1. The molecule has 3 rings (SSSR count). The summed E-state index contributed by atoms with van der Waals surface area (Å²) < 4.78 is 0. The van der Waals surface area contributed by atoms with Gasteiger partial charge in [0.1, 0.15) is 6.04 Å². The minimum atomic E-state index is 0.122. The van der Waals surface area contributed by atoms with Gasteiger partial charge in [-0.25, -0.2) is 0 Å². The Kier molecular flexibility index (Phi) is 5.13. The first kappa shape index (κ1) is 16.2. The molecule has 23 heavy (non-hydrogen) atoms. The summed E-state index contributed by atoms with van der Waals surface area (Å²) in [6.45, 7) is 5.95. The smallest absolute Gasteiger partial charge is 0.279 e. The zero-order valence-electron chi connectivity index (χ0n) is 13.8. The van der Waals surface area contributed by atoms with Crippen LogP contribution in [0, 0.1) is 0 Å². The van der Waals surface area contributed by atoms with Crippen molar-refractivity contribution in [2.75, 3.05) is 18.4 Å². The third-order valence-corrected chi connectivity index (χ3v) is 5.60. The van der Waals surface area contributed by atoms with Crippen LogP contribution in [0.2, 0.25) is 0 Å². The lowest BCUT2D eigenvalue weighted by Crippen LogP contribution is -3.11. The summed E-state index contributed by atoms with van der Waals surface area (Å²) in [6.07, 6.45) is 2.39. The molecule has 122 valence electrons. The van der Waals surface area contributed by atoms with Gasteiger partial charge in [0.2, 0.25) is 0 Å². The second-order valence-corrected chi connectivity index (χ2v) is 7.56. The molecule has 0 aliphatic carbocycles. The topological polar surface area (TPSA) is 33.5 Å². The summed E-state index contributed by atoms with van der Waals surface area (Å²) in [4.78, 5) is 15.3. The van der Waals surface area contributed by atoms with Crippen molar-refractivity contribution in [1.29, 1.82) is 0 Å². The zero-order chi connectivity index (χ0) is 16.2. The zero-order valence-corrected chi connectivity index (χ0v) is 14.7. The summed E-state index contributed by atoms with van der Waals surface area (Å²) in [6, 6.07) is 12.9. The summed E-state index contributed by atoms with van der Waals surface area (Å²) in [5.41, 5.74) is 2.16. The number of hydrogen-bond acceptors (Lipinski definition) is 2. The first-order chi connectivity index (χ1) is 11.1. The fourth-order valence-corrected chi connectivity index (χ4v) is 4.39.